The summed E-state index contributed by atoms with van der Waals surface area (Å²) in [7, 11) is 2.20. The van der Waals surface area contributed by atoms with Crippen LogP contribution in [0.5, 0.6) is 0 Å². The van der Waals surface area contributed by atoms with Gasteiger partial charge in [-0.25, -0.2) is 0 Å². The lowest BCUT2D eigenvalue weighted by Gasteiger charge is -2.39. The zero-order valence-corrected chi connectivity index (χ0v) is 10.0. The minimum atomic E-state index is -0.0278. The van der Waals surface area contributed by atoms with Gasteiger partial charge >= 0.3 is 0 Å². The van der Waals surface area contributed by atoms with Crippen molar-refractivity contribution < 1.29 is 5.11 Å². The summed E-state index contributed by atoms with van der Waals surface area (Å²) in [5, 5.41) is 9.80. The Hall–Kier alpha value is -0.120. The lowest BCUT2D eigenvalue weighted by molar-refractivity contribution is 0.0602. The molecule has 1 saturated heterocycles. The van der Waals surface area contributed by atoms with E-state index < -0.39 is 0 Å². The van der Waals surface area contributed by atoms with Gasteiger partial charge in [-0.3, -0.25) is 0 Å². The van der Waals surface area contributed by atoms with Crippen LogP contribution in [0.25, 0.3) is 0 Å². The predicted octanol–water partition coefficient (Wildman–Crippen LogP) is 0.783. The van der Waals surface area contributed by atoms with E-state index in [0.717, 1.165) is 13.0 Å². The third kappa shape index (κ3) is 2.71. The van der Waals surface area contributed by atoms with Gasteiger partial charge in [-0.15, -0.1) is 0 Å². The highest BCUT2D eigenvalue weighted by molar-refractivity contribution is 4.83. The molecule has 0 spiro atoms. The van der Waals surface area contributed by atoms with Crippen LogP contribution in [-0.4, -0.2) is 60.3 Å². The first-order valence-corrected chi connectivity index (χ1v) is 6.27. The van der Waals surface area contributed by atoms with Crippen molar-refractivity contribution in [1.29, 1.82) is 0 Å². The molecule has 1 aliphatic heterocycles. The molecule has 0 aromatic heterocycles. The molecule has 1 heterocycles. The van der Waals surface area contributed by atoms with Crippen LogP contribution in [0.4, 0.5) is 0 Å². The van der Waals surface area contributed by atoms with E-state index >= 15 is 0 Å². The summed E-state index contributed by atoms with van der Waals surface area (Å²) in [6, 6.07) is 0.664. The second-order valence-electron chi connectivity index (χ2n) is 5.35. The maximum atomic E-state index is 9.80. The summed E-state index contributed by atoms with van der Waals surface area (Å²) < 4.78 is 0. The molecule has 3 atom stereocenters. The van der Waals surface area contributed by atoms with E-state index in [9.17, 15) is 5.11 Å². The number of hydrogen-bond acceptors (Lipinski definition) is 3. The summed E-state index contributed by atoms with van der Waals surface area (Å²) in [5.74, 6) is 0.542. The molecule has 0 amide bonds. The van der Waals surface area contributed by atoms with Gasteiger partial charge in [-0.05, 0) is 32.7 Å². The van der Waals surface area contributed by atoms with Crippen LogP contribution in [0.2, 0.25) is 0 Å². The van der Waals surface area contributed by atoms with E-state index in [0.29, 0.717) is 12.0 Å². The molecule has 1 saturated carbocycles. The van der Waals surface area contributed by atoms with Crippen LogP contribution >= 0.6 is 0 Å². The van der Waals surface area contributed by atoms with E-state index in [4.69, 9.17) is 0 Å². The van der Waals surface area contributed by atoms with E-state index in [1.165, 1.54) is 32.5 Å². The van der Waals surface area contributed by atoms with Crippen molar-refractivity contribution in [3.8, 4) is 0 Å². The third-order valence-electron chi connectivity index (χ3n) is 4.16. The average molecular weight is 212 g/mol. The number of aliphatic hydroxyl groups excluding tert-OH is 1. The fraction of sp³-hybridized carbons (Fsp3) is 1.00. The SMILES string of the molecule is CC1CN(CC2CCCC2O)CCN1C. The van der Waals surface area contributed by atoms with Gasteiger partial charge in [0, 0.05) is 32.2 Å². The molecule has 3 nitrogen and oxygen atoms in total. The third-order valence-corrected chi connectivity index (χ3v) is 4.16. The number of likely N-dealkylation sites (N-methyl/N-ethyl adjacent to an activating group) is 1. The molecule has 0 bridgehead atoms. The van der Waals surface area contributed by atoms with E-state index in [-0.39, 0.29) is 6.10 Å². The van der Waals surface area contributed by atoms with Crippen molar-refractivity contribution in [1.82, 2.24) is 9.80 Å². The molecule has 2 fully saturated rings. The maximum Gasteiger partial charge on any atom is 0.0580 e. The zero-order valence-electron chi connectivity index (χ0n) is 10.0. The van der Waals surface area contributed by atoms with Gasteiger partial charge < -0.3 is 14.9 Å². The number of rotatable bonds is 2. The summed E-state index contributed by atoms with van der Waals surface area (Å²) in [5.41, 5.74) is 0. The van der Waals surface area contributed by atoms with Crippen LogP contribution in [0.1, 0.15) is 26.2 Å². The second-order valence-corrected chi connectivity index (χ2v) is 5.35. The Balaban J connectivity index is 1.80. The van der Waals surface area contributed by atoms with Gasteiger partial charge in [0.15, 0.2) is 0 Å². The summed E-state index contributed by atoms with van der Waals surface area (Å²) in [4.78, 5) is 4.95. The minimum Gasteiger partial charge on any atom is -0.393 e. The number of aliphatic hydroxyl groups is 1. The first-order valence-electron chi connectivity index (χ1n) is 6.27. The molecule has 0 aromatic carbocycles. The Labute approximate surface area is 93.1 Å². The van der Waals surface area contributed by atoms with Gasteiger partial charge in [0.1, 0.15) is 0 Å². The number of nitrogens with zero attached hydrogens (tertiary/aromatic N) is 2. The Morgan fingerprint density at radius 3 is 2.67 bits per heavy atom. The molecule has 1 aliphatic carbocycles. The fourth-order valence-electron chi connectivity index (χ4n) is 2.85. The Kier molecular flexibility index (Phi) is 3.65. The quantitative estimate of drug-likeness (QED) is 0.733. The zero-order chi connectivity index (χ0) is 10.8. The molecule has 2 aliphatic rings. The van der Waals surface area contributed by atoms with Crippen molar-refractivity contribution in [2.45, 2.75) is 38.3 Å². The minimum absolute atomic E-state index is 0.0278. The maximum absolute atomic E-state index is 9.80. The van der Waals surface area contributed by atoms with E-state index in [1.54, 1.807) is 0 Å². The molecule has 88 valence electrons. The molecular formula is C12H24N2O. The summed E-state index contributed by atoms with van der Waals surface area (Å²) in [6.45, 7) is 6.91. The van der Waals surface area contributed by atoms with Gasteiger partial charge in [0.25, 0.3) is 0 Å². The van der Waals surface area contributed by atoms with Gasteiger partial charge in [0.05, 0.1) is 6.10 Å². The first kappa shape index (κ1) is 11.4. The van der Waals surface area contributed by atoms with Gasteiger partial charge in [-0.2, -0.15) is 0 Å². The topological polar surface area (TPSA) is 26.7 Å². The van der Waals surface area contributed by atoms with Crippen LogP contribution in [0.3, 0.4) is 0 Å². The van der Waals surface area contributed by atoms with Crippen LogP contribution < -0.4 is 0 Å². The largest absolute Gasteiger partial charge is 0.393 e. The average Bonchev–Trinajstić information content (AvgIpc) is 2.59. The van der Waals surface area contributed by atoms with Crippen molar-refractivity contribution in [3.63, 3.8) is 0 Å². The number of piperazine rings is 1. The molecule has 2 rings (SSSR count). The molecule has 0 radical (unpaired) electrons. The lowest BCUT2D eigenvalue weighted by Crippen LogP contribution is -2.51. The van der Waals surface area contributed by atoms with Crippen LogP contribution in [0.15, 0.2) is 0 Å². The van der Waals surface area contributed by atoms with Crippen molar-refractivity contribution >= 4 is 0 Å². The normalized spacial score (nSPS) is 39.8. The monoisotopic (exact) mass is 212 g/mol. The van der Waals surface area contributed by atoms with Crippen LogP contribution in [-0.2, 0) is 0 Å². The van der Waals surface area contributed by atoms with Gasteiger partial charge in [-0.1, -0.05) is 6.42 Å². The standard InChI is InChI=1S/C12H24N2O/c1-10-8-14(7-6-13(10)2)9-11-4-3-5-12(11)15/h10-12,15H,3-9H2,1-2H3. The molecule has 1 N–H and O–H groups in total. The Bertz CT molecular complexity index is 210. The fourth-order valence-corrected chi connectivity index (χ4v) is 2.85. The Morgan fingerprint density at radius 2 is 2.07 bits per heavy atom. The van der Waals surface area contributed by atoms with E-state index in [1.807, 2.05) is 0 Å². The predicted molar refractivity (Wildman–Crippen MR) is 61.9 cm³/mol. The highest BCUT2D eigenvalue weighted by Crippen LogP contribution is 2.26. The van der Waals surface area contributed by atoms with E-state index in [2.05, 4.69) is 23.8 Å². The summed E-state index contributed by atoms with van der Waals surface area (Å²) in [6.07, 6.45) is 3.44. The molecule has 0 aromatic rings. The van der Waals surface area contributed by atoms with Crippen LogP contribution in [0, 0.1) is 5.92 Å². The molecule has 15 heavy (non-hydrogen) atoms. The smallest absolute Gasteiger partial charge is 0.0580 e. The highest BCUT2D eigenvalue weighted by Gasteiger charge is 2.29. The molecule has 3 unspecified atom stereocenters. The highest BCUT2D eigenvalue weighted by atomic mass is 16.3. The lowest BCUT2D eigenvalue weighted by atomic mass is 10.0. The first-order chi connectivity index (χ1) is 7.16. The van der Waals surface area contributed by atoms with Crippen molar-refractivity contribution in [3.05, 3.63) is 0 Å². The summed E-state index contributed by atoms with van der Waals surface area (Å²) >= 11 is 0. The Morgan fingerprint density at radius 1 is 1.27 bits per heavy atom. The van der Waals surface area contributed by atoms with Gasteiger partial charge in [0.2, 0.25) is 0 Å². The van der Waals surface area contributed by atoms with Crippen molar-refractivity contribution in [2.75, 3.05) is 33.2 Å². The number of hydrogen-bond donors (Lipinski definition) is 1. The van der Waals surface area contributed by atoms with Crippen molar-refractivity contribution in [2.24, 2.45) is 5.92 Å². The molecule has 3 heteroatoms. The second kappa shape index (κ2) is 4.81. The molecular weight excluding hydrogens is 188 g/mol.